The van der Waals surface area contributed by atoms with E-state index in [0.29, 0.717) is 28.5 Å². The average molecular weight is 376 g/mol. The molecule has 2 aromatic rings. The third-order valence-corrected chi connectivity index (χ3v) is 3.70. The first-order chi connectivity index (χ1) is 13.0. The fraction of sp³-hybridized carbons (Fsp3) is 0.263. The molecule has 0 saturated heterocycles. The third-order valence-electron chi connectivity index (χ3n) is 3.70. The molecule has 0 aliphatic heterocycles. The summed E-state index contributed by atoms with van der Waals surface area (Å²) >= 11 is 0. The summed E-state index contributed by atoms with van der Waals surface area (Å²) in [7, 11) is 4.39. The number of amides is 2. The van der Waals surface area contributed by atoms with Gasteiger partial charge < -0.3 is 24.8 Å². The second-order valence-electron chi connectivity index (χ2n) is 5.51. The zero-order valence-electron chi connectivity index (χ0n) is 15.3. The van der Waals surface area contributed by atoms with Gasteiger partial charge in [0.2, 0.25) is 17.6 Å². The lowest BCUT2D eigenvalue weighted by molar-refractivity contribution is -0.126. The van der Waals surface area contributed by atoms with Gasteiger partial charge in [0.1, 0.15) is 12.2 Å². The topological polar surface area (TPSA) is 85.9 Å². The normalized spacial score (nSPS) is 10.1. The maximum Gasteiger partial charge on any atom is 0.233 e. The SMILES string of the molecule is COc1cc(NC(=O)CC(=O)NCc2ccccc2F)cc(OC)c1OC. The molecule has 27 heavy (non-hydrogen) atoms. The van der Waals surface area contributed by atoms with Gasteiger partial charge in [-0.05, 0) is 6.07 Å². The van der Waals surface area contributed by atoms with E-state index in [9.17, 15) is 14.0 Å². The van der Waals surface area contributed by atoms with Gasteiger partial charge in [0.05, 0.1) is 21.3 Å². The number of benzene rings is 2. The summed E-state index contributed by atoms with van der Waals surface area (Å²) in [6, 6.07) is 9.20. The number of carbonyl (C=O) groups excluding carboxylic acids is 2. The molecule has 0 saturated carbocycles. The Morgan fingerprint density at radius 1 is 0.963 bits per heavy atom. The van der Waals surface area contributed by atoms with Crippen molar-refractivity contribution in [3.63, 3.8) is 0 Å². The number of nitrogens with one attached hydrogen (secondary N) is 2. The van der Waals surface area contributed by atoms with Crippen molar-refractivity contribution in [2.45, 2.75) is 13.0 Å². The van der Waals surface area contributed by atoms with Crippen LogP contribution in [-0.2, 0) is 16.1 Å². The predicted octanol–water partition coefficient (Wildman–Crippen LogP) is 2.50. The zero-order valence-corrected chi connectivity index (χ0v) is 15.3. The highest BCUT2D eigenvalue weighted by atomic mass is 19.1. The fourth-order valence-corrected chi connectivity index (χ4v) is 2.40. The van der Waals surface area contributed by atoms with Crippen LogP contribution in [0.15, 0.2) is 36.4 Å². The molecule has 0 heterocycles. The number of carbonyl (C=O) groups is 2. The number of ether oxygens (including phenoxy) is 3. The van der Waals surface area contributed by atoms with E-state index >= 15 is 0 Å². The van der Waals surface area contributed by atoms with Crippen LogP contribution in [0, 0.1) is 5.82 Å². The van der Waals surface area contributed by atoms with Crippen LogP contribution < -0.4 is 24.8 Å². The van der Waals surface area contributed by atoms with E-state index in [1.807, 2.05) is 0 Å². The van der Waals surface area contributed by atoms with Crippen molar-refractivity contribution in [2.75, 3.05) is 26.6 Å². The molecule has 0 atom stereocenters. The molecular formula is C19H21FN2O5. The minimum Gasteiger partial charge on any atom is -0.493 e. The van der Waals surface area contributed by atoms with Gasteiger partial charge in [0, 0.05) is 29.9 Å². The summed E-state index contributed by atoms with van der Waals surface area (Å²) in [5, 5.41) is 5.10. The summed E-state index contributed by atoms with van der Waals surface area (Å²) in [5.41, 5.74) is 0.729. The Morgan fingerprint density at radius 3 is 2.15 bits per heavy atom. The van der Waals surface area contributed by atoms with E-state index in [1.54, 1.807) is 30.3 Å². The van der Waals surface area contributed by atoms with E-state index in [2.05, 4.69) is 10.6 Å². The molecule has 0 unspecified atom stereocenters. The van der Waals surface area contributed by atoms with Crippen LogP contribution >= 0.6 is 0 Å². The van der Waals surface area contributed by atoms with Crippen LogP contribution in [0.1, 0.15) is 12.0 Å². The average Bonchev–Trinajstić information content (AvgIpc) is 2.66. The third kappa shape index (κ3) is 5.34. The molecule has 2 aromatic carbocycles. The van der Waals surface area contributed by atoms with Crippen molar-refractivity contribution in [3.05, 3.63) is 47.8 Å². The summed E-state index contributed by atoms with van der Waals surface area (Å²) in [6.07, 6.45) is -0.412. The van der Waals surface area contributed by atoms with Gasteiger partial charge in [-0.15, -0.1) is 0 Å². The molecule has 7 nitrogen and oxygen atoms in total. The van der Waals surface area contributed by atoms with Crippen LogP contribution in [-0.4, -0.2) is 33.1 Å². The lowest BCUT2D eigenvalue weighted by Crippen LogP contribution is -2.28. The van der Waals surface area contributed by atoms with E-state index in [4.69, 9.17) is 14.2 Å². The van der Waals surface area contributed by atoms with Crippen molar-refractivity contribution in [2.24, 2.45) is 0 Å². The molecule has 0 aliphatic rings. The van der Waals surface area contributed by atoms with Crippen molar-refractivity contribution in [3.8, 4) is 17.2 Å². The Hall–Kier alpha value is -3.29. The summed E-state index contributed by atoms with van der Waals surface area (Å²) in [6.45, 7) is 0.00294. The summed E-state index contributed by atoms with van der Waals surface area (Å²) < 4.78 is 29.2. The molecule has 8 heteroatoms. The first-order valence-corrected chi connectivity index (χ1v) is 8.08. The molecule has 0 aliphatic carbocycles. The number of rotatable bonds is 8. The van der Waals surface area contributed by atoms with Crippen molar-refractivity contribution in [1.82, 2.24) is 5.32 Å². The minimum absolute atomic E-state index is 0.00294. The Labute approximate surface area is 156 Å². The smallest absolute Gasteiger partial charge is 0.233 e. The van der Waals surface area contributed by atoms with Gasteiger partial charge in [0.25, 0.3) is 0 Å². The molecule has 0 aromatic heterocycles. The molecule has 0 spiro atoms. The first-order valence-electron chi connectivity index (χ1n) is 8.08. The Balaban J connectivity index is 1.97. The highest BCUT2D eigenvalue weighted by Gasteiger charge is 2.16. The van der Waals surface area contributed by atoms with Gasteiger partial charge >= 0.3 is 0 Å². The number of anilines is 1. The zero-order chi connectivity index (χ0) is 19.8. The quantitative estimate of drug-likeness (QED) is 0.692. The maximum atomic E-state index is 13.5. The molecule has 0 bridgehead atoms. The number of hydrogen-bond donors (Lipinski definition) is 2. The van der Waals surface area contributed by atoms with Gasteiger partial charge in [0.15, 0.2) is 11.5 Å². The van der Waals surface area contributed by atoms with Crippen LogP contribution in [0.2, 0.25) is 0 Å². The largest absolute Gasteiger partial charge is 0.493 e. The minimum atomic E-state index is -0.532. The standard InChI is InChI=1S/C19H21FN2O5/c1-25-15-8-13(9-16(26-2)19(15)27-3)22-18(24)10-17(23)21-11-12-6-4-5-7-14(12)20/h4-9H,10-11H2,1-3H3,(H,21,23)(H,22,24). The summed E-state index contributed by atoms with van der Waals surface area (Å²) in [5.74, 6) is -0.342. The van der Waals surface area contributed by atoms with E-state index < -0.39 is 24.1 Å². The monoisotopic (exact) mass is 376 g/mol. The molecule has 0 fully saturated rings. The van der Waals surface area contributed by atoms with Crippen molar-refractivity contribution < 1.29 is 28.2 Å². The molecule has 2 N–H and O–H groups in total. The van der Waals surface area contributed by atoms with E-state index in [1.165, 1.54) is 27.4 Å². The first kappa shape index (κ1) is 20.0. The molecule has 144 valence electrons. The highest BCUT2D eigenvalue weighted by Crippen LogP contribution is 2.39. The molecular weight excluding hydrogens is 355 g/mol. The van der Waals surface area contributed by atoms with Gasteiger partial charge in [-0.3, -0.25) is 9.59 Å². The number of methoxy groups -OCH3 is 3. The van der Waals surface area contributed by atoms with E-state index in [0.717, 1.165) is 0 Å². The van der Waals surface area contributed by atoms with Crippen LogP contribution in [0.3, 0.4) is 0 Å². The Morgan fingerprint density at radius 2 is 1.59 bits per heavy atom. The van der Waals surface area contributed by atoms with Crippen LogP contribution in [0.4, 0.5) is 10.1 Å². The van der Waals surface area contributed by atoms with E-state index in [-0.39, 0.29) is 6.54 Å². The second-order valence-corrected chi connectivity index (χ2v) is 5.51. The Kier molecular flexibility index (Phi) is 6.99. The Bertz CT molecular complexity index is 800. The number of hydrogen-bond acceptors (Lipinski definition) is 5. The van der Waals surface area contributed by atoms with Gasteiger partial charge in [-0.25, -0.2) is 4.39 Å². The van der Waals surface area contributed by atoms with Crippen LogP contribution in [0.25, 0.3) is 0 Å². The fourth-order valence-electron chi connectivity index (χ4n) is 2.40. The lowest BCUT2D eigenvalue weighted by atomic mass is 10.2. The van der Waals surface area contributed by atoms with Gasteiger partial charge in [-0.1, -0.05) is 18.2 Å². The highest BCUT2D eigenvalue weighted by molar-refractivity contribution is 6.03. The van der Waals surface area contributed by atoms with Gasteiger partial charge in [-0.2, -0.15) is 0 Å². The molecule has 2 rings (SSSR count). The van der Waals surface area contributed by atoms with Crippen LogP contribution in [0.5, 0.6) is 17.2 Å². The summed E-state index contributed by atoms with van der Waals surface area (Å²) in [4.78, 5) is 24.0. The predicted molar refractivity (Wildman–Crippen MR) is 97.6 cm³/mol. The van der Waals surface area contributed by atoms with Crippen molar-refractivity contribution >= 4 is 17.5 Å². The van der Waals surface area contributed by atoms with Crippen molar-refractivity contribution in [1.29, 1.82) is 0 Å². The molecule has 2 amide bonds. The molecule has 0 radical (unpaired) electrons. The second kappa shape index (κ2) is 9.42. The lowest BCUT2D eigenvalue weighted by Gasteiger charge is -2.14. The number of halogens is 1. The maximum absolute atomic E-state index is 13.5.